The Morgan fingerprint density at radius 2 is 1.57 bits per heavy atom. The number of β-lactam (4-membered cyclic amide) rings is 1. The van der Waals surface area contributed by atoms with Crippen molar-refractivity contribution >= 4 is 40.2 Å². The fourth-order valence-corrected chi connectivity index (χ4v) is 5.67. The van der Waals surface area contributed by atoms with Crippen LogP contribution in [0.25, 0.3) is 0 Å². The highest BCUT2D eigenvalue weighted by Gasteiger charge is 2.45. The van der Waals surface area contributed by atoms with E-state index in [-0.39, 0.29) is 31.2 Å². The topological polar surface area (TPSA) is 217 Å². The minimum Gasteiger partial charge on any atom is -0.485 e. The summed E-state index contributed by atoms with van der Waals surface area (Å²) in [6, 6.07) is 16.3. The van der Waals surface area contributed by atoms with E-state index in [4.69, 9.17) is 14.6 Å². The number of nitrogens with one attached hydrogen (secondary N) is 3. The lowest BCUT2D eigenvalue weighted by Gasteiger charge is -2.36. The zero-order chi connectivity index (χ0) is 33.7. The van der Waals surface area contributed by atoms with Crippen molar-refractivity contribution in [3.05, 3.63) is 89.2 Å². The van der Waals surface area contributed by atoms with Crippen molar-refractivity contribution in [2.45, 2.75) is 26.2 Å². The highest BCUT2D eigenvalue weighted by Crippen LogP contribution is 2.32. The average molecular weight is 668 g/mol. The third-order valence-corrected chi connectivity index (χ3v) is 8.34. The van der Waals surface area contributed by atoms with Crippen molar-refractivity contribution in [2.24, 2.45) is 0 Å². The molecule has 1 atom stereocenters. The van der Waals surface area contributed by atoms with Crippen LogP contribution in [0.3, 0.4) is 0 Å². The largest absolute Gasteiger partial charge is 0.485 e. The van der Waals surface area contributed by atoms with E-state index in [1.54, 1.807) is 11.6 Å². The zero-order valence-electron chi connectivity index (χ0n) is 24.8. The molecule has 47 heavy (non-hydrogen) atoms. The van der Waals surface area contributed by atoms with Gasteiger partial charge in [-0.05, 0) is 18.1 Å². The smallest absolute Gasteiger partial charge is 0.405 e. The van der Waals surface area contributed by atoms with Gasteiger partial charge in [0.2, 0.25) is 0 Å². The first-order valence-electron chi connectivity index (χ1n) is 14.1. The normalized spacial score (nSPS) is 15.9. The molecule has 7 amide bonds. The number of carbonyl (C=O) groups excluding carboxylic acids is 4. The van der Waals surface area contributed by atoms with Crippen LogP contribution in [-0.4, -0.2) is 88.4 Å². The van der Waals surface area contributed by atoms with Crippen LogP contribution in [0.2, 0.25) is 0 Å². The number of ether oxygens (including phenoxy) is 2. The lowest BCUT2D eigenvalue weighted by molar-refractivity contribution is -0.138. The van der Waals surface area contributed by atoms with E-state index in [9.17, 15) is 32.4 Å². The molecule has 246 valence electrons. The van der Waals surface area contributed by atoms with Gasteiger partial charge in [-0.3, -0.25) is 19.9 Å². The predicted octanol–water partition coefficient (Wildman–Crippen LogP) is 1.36. The second-order valence-corrected chi connectivity index (χ2v) is 11.9. The number of benzene rings is 2. The van der Waals surface area contributed by atoms with Gasteiger partial charge in [0.15, 0.2) is 11.5 Å². The molecule has 2 aliphatic heterocycles. The number of rotatable bonds is 11. The maximum atomic E-state index is 13.2. The number of hydrazine groups is 1. The summed E-state index contributed by atoms with van der Waals surface area (Å²) in [6.07, 6.45) is -1.49. The molecule has 2 saturated heterocycles. The number of pyridine rings is 1. The molecule has 0 spiro atoms. The Labute approximate surface area is 268 Å². The van der Waals surface area contributed by atoms with Crippen LogP contribution in [0.4, 0.5) is 14.4 Å². The molecule has 3 heterocycles. The maximum absolute atomic E-state index is 13.2. The van der Waals surface area contributed by atoms with Gasteiger partial charge in [0, 0.05) is 6.07 Å². The van der Waals surface area contributed by atoms with Crippen molar-refractivity contribution in [3.8, 4) is 11.5 Å². The molecule has 1 unspecified atom stereocenters. The second kappa shape index (κ2) is 13.6. The van der Waals surface area contributed by atoms with Crippen LogP contribution >= 0.6 is 0 Å². The summed E-state index contributed by atoms with van der Waals surface area (Å²) in [6.45, 7) is 0.849. The molecule has 0 radical (unpaired) electrons. The first-order chi connectivity index (χ1) is 22.4. The highest BCUT2D eigenvalue weighted by molar-refractivity contribution is 7.88. The molecule has 1 aromatic heterocycles. The molecule has 17 nitrogen and oxygen atoms in total. The van der Waals surface area contributed by atoms with E-state index in [0.717, 1.165) is 16.1 Å². The number of carbonyl (C=O) groups is 5. The van der Waals surface area contributed by atoms with E-state index >= 15 is 0 Å². The van der Waals surface area contributed by atoms with Crippen LogP contribution in [0.1, 0.15) is 27.3 Å². The summed E-state index contributed by atoms with van der Waals surface area (Å²) in [4.78, 5) is 66.0. The third-order valence-electron chi connectivity index (χ3n) is 6.99. The molecular weight excluding hydrogens is 638 g/mol. The van der Waals surface area contributed by atoms with Crippen LogP contribution in [0, 0.1) is 6.92 Å². The standard InChI is InChI=1S/C29H29N7O10S/c1-18-24(46-17-20-10-6-3-7-11-20)23(45-16-19-8-4-2-5-9-19)14-21(30-18)25(37)32-35-12-13-36(29(35)42)47(43,44)33-27(39)34-15-22(26(34)38)31-28(40)41/h2-11,14,22,31H,12-13,15-17H2,1H3,(H,32,37)(H,33,39)(H,40,41). The second-order valence-electron chi connectivity index (χ2n) is 10.3. The lowest BCUT2D eigenvalue weighted by Crippen LogP contribution is -2.67. The fraction of sp³-hybridized carbons (Fsp3) is 0.241. The predicted molar refractivity (Wildman–Crippen MR) is 161 cm³/mol. The van der Waals surface area contributed by atoms with Gasteiger partial charge in [-0.25, -0.2) is 33.4 Å². The number of nitrogens with zero attached hydrogens (tertiary/aromatic N) is 4. The number of aromatic nitrogens is 1. The summed E-state index contributed by atoms with van der Waals surface area (Å²) >= 11 is 0. The first kappa shape index (κ1) is 32.5. The Morgan fingerprint density at radius 3 is 2.17 bits per heavy atom. The van der Waals surface area contributed by atoms with Gasteiger partial charge in [0.1, 0.15) is 24.9 Å². The van der Waals surface area contributed by atoms with Gasteiger partial charge < -0.3 is 19.9 Å². The van der Waals surface area contributed by atoms with E-state index in [1.807, 2.05) is 66.0 Å². The molecule has 0 aliphatic carbocycles. The third kappa shape index (κ3) is 7.50. The molecule has 4 N–H and O–H groups in total. The Balaban J connectivity index is 1.26. The maximum Gasteiger partial charge on any atom is 0.405 e. The van der Waals surface area contributed by atoms with Crippen molar-refractivity contribution in [2.75, 3.05) is 19.6 Å². The fourth-order valence-electron chi connectivity index (χ4n) is 4.61. The van der Waals surface area contributed by atoms with E-state index in [2.05, 4.69) is 10.4 Å². The van der Waals surface area contributed by atoms with E-state index < -0.39 is 59.3 Å². The minimum absolute atomic E-state index is 0.149. The average Bonchev–Trinajstić information content (AvgIpc) is 3.41. The van der Waals surface area contributed by atoms with Gasteiger partial charge >= 0.3 is 28.4 Å². The molecular formula is C29H29N7O10S. The minimum atomic E-state index is -4.80. The summed E-state index contributed by atoms with van der Waals surface area (Å²) < 4.78 is 39.5. The van der Waals surface area contributed by atoms with Crippen molar-refractivity contribution in [1.82, 2.24) is 34.7 Å². The lowest BCUT2D eigenvalue weighted by atomic mass is 10.1. The molecule has 3 aromatic rings. The van der Waals surface area contributed by atoms with E-state index in [0.29, 0.717) is 20.6 Å². The Bertz CT molecular complexity index is 1810. The monoisotopic (exact) mass is 667 g/mol. The number of carboxylic acid groups (broad SMARTS) is 1. The van der Waals surface area contributed by atoms with Crippen LogP contribution < -0.4 is 24.9 Å². The summed E-state index contributed by atoms with van der Waals surface area (Å²) in [5.74, 6) is -1.30. The van der Waals surface area contributed by atoms with Crippen LogP contribution in [0.15, 0.2) is 66.7 Å². The van der Waals surface area contributed by atoms with E-state index in [1.165, 1.54) is 6.07 Å². The number of urea groups is 2. The van der Waals surface area contributed by atoms with Gasteiger partial charge in [-0.1, -0.05) is 60.7 Å². The molecule has 2 aromatic carbocycles. The Hall–Kier alpha value is -5.91. The van der Waals surface area contributed by atoms with Gasteiger partial charge in [-0.2, -0.15) is 8.42 Å². The molecule has 18 heteroatoms. The zero-order valence-corrected chi connectivity index (χ0v) is 25.6. The Morgan fingerprint density at radius 1 is 0.957 bits per heavy atom. The number of aryl methyl sites for hydroxylation is 1. The van der Waals surface area contributed by atoms with Gasteiger partial charge in [-0.15, -0.1) is 0 Å². The number of hydrogen-bond donors (Lipinski definition) is 4. The number of amides is 7. The summed E-state index contributed by atoms with van der Waals surface area (Å²) in [5, 5.41) is 11.3. The Kier molecular flexibility index (Phi) is 9.41. The molecule has 2 fully saturated rings. The number of imide groups is 1. The SMILES string of the molecule is Cc1nc(C(=O)NN2CCN(S(=O)(=O)NC(=O)N3CC(NC(=O)O)C3=O)C2=O)cc(OCc2ccccc2)c1OCc1ccccc1. The van der Waals surface area contributed by atoms with Crippen LogP contribution in [-0.2, 0) is 28.2 Å². The van der Waals surface area contributed by atoms with Gasteiger partial charge in [0.25, 0.3) is 11.8 Å². The number of hydrogen-bond acceptors (Lipinski definition) is 10. The van der Waals surface area contributed by atoms with Gasteiger partial charge in [0.05, 0.1) is 25.3 Å². The molecule has 5 rings (SSSR count). The van der Waals surface area contributed by atoms with Crippen molar-refractivity contribution in [3.63, 3.8) is 0 Å². The quantitative estimate of drug-likeness (QED) is 0.214. The molecule has 0 saturated carbocycles. The number of likely N-dealkylation sites (tertiary alicyclic amines) is 1. The molecule has 2 aliphatic rings. The first-order valence-corrected chi connectivity index (χ1v) is 15.5. The van der Waals surface area contributed by atoms with Crippen molar-refractivity contribution < 1.29 is 47.0 Å². The van der Waals surface area contributed by atoms with Crippen molar-refractivity contribution in [1.29, 1.82) is 0 Å². The van der Waals surface area contributed by atoms with Crippen LogP contribution in [0.5, 0.6) is 11.5 Å². The summed E-state index contributed by atoms with van der Waals surface area (Å²) in [7, 11) is -4.80. The highest BCUT2D eigenvalue weighted by atomic mass is 32.2. The summed E-state index contributed by atoms with van der Waals surface area (Å²) in [5.41, 5.74) is 4.23. The molecule has 0 bridgehead atoms.